The topological polar surface area (TPSA) is 402 Å². The summed E-state index contributed by atoms with van der Waals surface area (Å²) in [5, 5.41) is 47.9. The van der Waals surface area contributed by atoms with Crippen molar-refractivity contribution < 1.29 is 407 Å². The number of amidine groups is 2. The first-order valence-corrected chi connectivity index (χ1v) is 29.8. The third-order valence-corrected chi connectivity index (χ3v) is 13.5. The van der Waals surface area contributed by atoms with E-state index in [0.29, 0.717) is 15.9 Å². The predicted octanol–water partition coefficient (Wildman–Crippen LogP) is 42.0. The largest absolute Gasteiger partial charge is 0.481 e. The van der Waals surface area contributed by atoms with Crippen LogP contribution in [0.5, 0.6) is 0 Å². The fraction of sp³-hybridized carbons (Fsp3) is 0.188. The lowest BCUT2D eigenvalue weighted by atomic mass is 10.1. The number of carboxylic acids is 1. The number of nitrogens with one attached hydrogen (secondary N) is 7. The normalized spacial score (nSPS) is 19.2. The summed E-state index contributed by atoms with van der Waals surface area (Å²) in [7, 11) is 0. The second-order valence-corrected chi connectivity index (χ2v) is 22.8. The van der Waals surface area contributed by atoms with Crippen molar-refractivity contribution in [1.29, 1.82) is 10.7 Å². The number of hydrogen-bond acceptors (Lipinski definition) is 15. The van der Waals surface area contributed by atoms with Gasteiger partial charge in [-0.05, 0) is 124 Å². The number of nitrogens with zero attached hydrogens (tertiary/aromatic N) is 10. The van der Waals surface area contributed by atoms with Crippen molar-refractivity contribution in [3.8, 4) is 17.5 Å². The van der Waals surface area contributed by atoms with E-state index in [1.165, 1.54) is 73.6 Å². The van der Waals surface area contributed by atoms with Gasteiger partial charge in [0.15, 0.2) is 11.7 Å². The fourth-order valence-corrected chi connectivity index (χ4v) is 8.80. The number of carbonyl (C=O) groups is 2. The number of alkyl halides is 18. The number of carbonyl (C=O) groups excluding carboxylic acids is 1. The molecule has 0 saturated carbocycles. The van der Waals surface area contributed by atoms with Crippen LogP contribution >= 0.6 is 11.6 Å². The molecule has 14 N–H and O–H groups in total. The smallest absolute Gasteiger partial charge is 0.433 e. The standard InChI is InChI=1S/C11H16N2O2.C9H7F3N4O.C9H7F3N4.C9H4F3N3.C8H4ClF3N2.C8H5F3N2O.C8H5F3N2.C2H4O2.102H2/c1-8-6-5-7-12-9(8)13-10(14)15-11(2,3)4;10-9(11,12)6-3-5-4(7(13)16-17)1-2-14-8(5)15-6;10-9(11,12)6-3-5-4(7(13)14)1-2-15-8(5)16-6;10-9(11,12)7-3-6-5(4-13)1-2-14-8(6)15-7;9-5-1-2-13-7-4(5)3-6(14-7)8(10,11)12;9-8(10,11)6-4-5-2-1-3-13(14)7(5)12-6;9-8(10,11)6-4-5-2-1-3-12-7(5)13-6;1-2(3)4;;;;;;;;;;;;;;;;;;;;;;;;;;;;;;;;;;;;;;;;;;;;;;;;;;;;;;;;;;;;;;;;;;;;;;;;;;;;;;;;;;;;;;;;;;;;;;;;;;;;;;/h5-7H,1-4H3,(H,12,13,14);1-3,17H,(H2,13,16)(H,14,15);1-3H,(H3,13,14)(H,15,16);1-3H,(H,14,15);1-3H,(H,13,14);1-4,14H;1-4H,(H,12,13);1H3,(H,3,4);102*1H/i;;;;;;;;99*1+1D;3*1+1. The van der Waals surface area contributed by atoms with Gasteiger partial charge in [0, 0.05) is 392 Å². The summed E-state index contributed by atoms with van der Waals surface area (Å²) >= 11 is 5.69. The molecule has 2 aliphatic heterocycles. The quantitative estimate of drug-likeness (QED) is 0.0195. The van der Waals surface area contributed by atoms with Crippen LogP contribution in [0.2, 0.25) is 5.02 Å². The van der Waals surface area contributed by atoms with Crippen LogP contribution in [-0.4, -0.2) is 109 Å². The highest BCUT2D eigenvalue weighted by Crippen LogP contribution is 2.37. The van der Waals surface area contributed by atoms with Crippen molar-refractivity contribution in [2.75, 3.05) is 5.32 Å². The van der Waals surface area contributed by atoms with E-state index in [1.807, 2.05) is 45.9 Å². The molecule has 2 aliphatic rings. The van der Waals surface area contributed by atoms with Crippen molar-refractivity contribution in [2.24, 2.45) is 16.6 Å². The molecule has 1 amide bonds. The van der Waals surface area contributed by atoms with Crippen molar-refractivity contribution >= 4 is 96.3 Å². The number of aliphatic carboxylic acids is 1. The third kappa shape index (κ3) is 23.3. The van der Waals surface area contributed by atoms with Gasteiger partial charge in [-0.1, -0.05) is 22.8 Å². The van der Waals surface area contributed by atoms with Gasteiger partial charge in [0.1, 0.15) is 79.7 Å². The van der Waals surface area contributed by atoms with Crippen LogP contribution in [0.4, 0.5) is 89.6 Å². The van der Waals surface area contributed by atoms with Crippen LogP contribution in [0.25, 0.3) is 66.6 Å². The Labute approximate surface area is 907 Å². The van der Waals surface area contributed by atoms with Crippen molar-refractivity contribution in [2.45, 2.75) is 77.3 Å². The zero-order valence-electron chi connectivity index (χ0n) is 253. The van der Waals surface area contributed by atoms with Crippen molar-refractivity contribution in [3.63, 3.8) is 0 Å². The maximum Gasteiger partial charge on any atom is 0.433 e. The fourth-order valence-electron chi connectivity index (χ4n) is 8.60. The number of aryl methyl sites for hydroxylation is 1. The van der Waals surface area contributed by atoms with Gasteiger partial charge in [-0.15, -0.1) is 0 Å². The average Bonchev–Trinajstić information content (AvgIpc) is 1.63. The maximum absolute atomic E-state index is 12.5. The number of aromatic nitrogens is 13. The minimum absolute atomic E-state index is 0. The number of anilines is 1. The van der Waals surface area contributed by atoms with E-state index in [9.17, 15) is 83.8 Å². The second kappa shape index (κ2) is 33.9. The first kappa shape index (κ1) is 21.2. The van der Waals surface area contributed by atoms with Crippen molar-refractivity contribution in [1.82, 2.24) is 64.5 Å². The number of carboxylic acid groups (broad SMARTS) is 1. The van der Waals surface area contributed by atoms with Gasteiger partial charge < -0.3 is 56.6 Å². The Morgan fingerprint density at radius 1 is 0.593 bits per heavy atom. The molecule has 776 valence electrons. The Balaban J connectivity index is -0.0000000158. The number of nitrogens with two attached hydrogens (primary N) is 2. The Morgan fingerprint density at radius 3 is 1.45 bits per heavy atom. The molecule has 0 aliphatic carbocycles. The SMILES string of the molecule is CC(=O)O.Cc1cccnc1NC(=O)OC(C)(C)C.FC(F)(F)c1cc2c(Cl)ccnc2[nH]1.FC(F)(F)c1cc2cccnc2[nH]1.N#Cc1ccnc2[nH]c(C(F)(F)F)cc12.N=C(N)c1ccnc2[nH]c(C(F)(F)F)cc12.NC(=NO)c1ccnc2[nH]c(C(F)(F)F)cc12.On1cccc2cc(C(F)(F)F)nc1-2.[2HH].[2HH].[2HH].[2H][2H].[2H][2H].[2H][2H].[2H][2H].[2H][2H].[2H][2H].[2H][2H].[2H][2H].[2H][2H].[2H][2H].[2H][2H].[2H][2H].[2H][2H].[2H][2H].[2H][2H].[2H][2H].[2H][2H].[2H][2H].[2H][2H].[2H][2H].[2H][2H].[2H][2H].[2H][2H].[2H][2H].[2H][2H].[2H][2H].[2H][2H].[2H][2H].[2H][2H].[2H][2H].[2H][2H].[2H][2H].[2H][2H].[2H][2H].[2H][2H].[2H][2H].[2H][2H].[2H][2H].[2H][2H].[2H][2H].[2H][2H].[2H][2H].[2H][2H].[2H][2H].[2H][2H].[2H][2H].[2H][2H].[2H][2H].[2H][2H].[2H][2H].[2H][2H].[2H][2H].[2H][2H].[2H][2H].[2H][2H].[2H][2H].[2H][2H].[2H][2H].[2H][2H].[2H][2H].[2H][2H].[2H][2H].[2H][2H].[2H][2H].[2H][2H].[2H][2H].[2H][2H].[2H][2H].[2H][2H].[2H][2H].[2H][2H].[2H][2H].[2H][2H].[2H][2H].[2H][2H].[2H][2H].[2H][2H].[2H][2H].[2H][2H].[2H][2H].[2H][2H].[2H][2H].[2H][2H].[2H][2H].[2H][2H].[2H][2H].[2H][2H].[2H][2H].[2H][2H].[2H][2H].[2H][2H].[2H][2H].[2H][2H].[2H][2H].[2H][2H].[2H][2H].[2H][2H].[2H][2H].[2H][2H]. The minimum Gasteiger partial charge on any atom is -0.481 e. The highest BCUT2D eigenvalue weighted by atomic mass is 35.5. The van der Waals surface area contributed by atoms with E-state index in [1.54, 1.807) is 18.3 Å². The number of fused-ring (bicyclic) bond motifs is 6. The summed E-state index contributed by atoms with van der Waals surface area (Å²) in [5.41, 5.74) is 7.11. The molecule has 0 unspecified atom stereocenters. The zero-order chi connectivity index (χ0) is 279. The minimum atomic E-state index is -4.50. The van der Waals surface area contributed by atoms with Gasteiger partial charge >= 0.3 is 43.2 Å². The van der Waals surface area contributed by atoms with Gasteiger partial charge in [-0.2, -0.15) is 89.0 Å². The molecule has 11 aromatic heterocycles. The lowest BCUT2D eigenvalue weighted by Crippen LogP contribution is -2.27. The molecule has 0 radical (unpaired) electrons. The van der Waals surface area contributed by atoms with E-state index >= 15 is 0 Å². The molecule has 0 aromatic carbocycles. The summed E-state index contributed by atoms with van der Waals surface area (Å²) in [5.74, 6) is -0.961. The number of hydrogen-bond donors (Lipinski definition) is 12. The molecule has 108 heavy (non-hydrogen) atoms. The number of nitrogen functional groups attached to an aromatic ring is 1. The summed E-state index contributed by atoms with van der Waals surface area (Å²) in [6, 6.07) is 22.7. The predicted molar refractivity (Wildman–Crippen MR) is 568 cm³/mol. The number of H-pyrrole nitrogens is 5. The molecule has 0 fully saturated rings. The molecule has 25 nitrogen and oxygen atoms in total. The Hall–Kier alpha value is -12.9. The molecule has 0 spiro atoms. The molecule has 11 aromatic rings. The number of halogens is 19. The van der Waals surface area contributed by atoms with Gasteiger partial charge in [0.2, 0.25) is 0 Å². The van der Waals surface area contributed by atoms with Crippen LogP contribution in [0.15, 0.2) is 146 Å². The zero-order valence-corrected chi connectivity index (χ0v) is 55.9. The number of amides is 1. The molecule has 0 saturated heterocycles. The summed E-state index contributed by atoms with van der Waals surface area (Å²) in [6.07, 6.45) is -17.6. The Bertz CT molecular complexity index is 5550. The number of rotatable bonds is 3. The lowest BCUT2D eigenvalue weighted by molar-refractivity contribution is -0.141. The number of aromatic amines is 5. The van der Waals surface area contributed by atoms with E-state index in [2.05, 4.69) is 70.3 Å². The first-order valence-electron chi connectivity index (χ1n) is 128. The van der Waals surface area contributed by atoms with Crippen LogP contribution in [-0.2, 0) is 46.6 Å². The molecule has 13 rings (SSSR count). The highest BCUT2D eigenvalue weighted by Gasteiger charge is 2.38. The molecule has 13 heterocycles. The van der Waals surface area contributed by atoms with Crippen LogP contribution in [0.3, 0.4) is 0 Å². The third-order valence-electron chi connectivity index (χ3n) is 13.2. The van der Waals surface area contributed by atoms with Gasteiger partial charge in [-0.25, -0.2) is 39.7 Å². The first-order chi connectivity index (χ1) is 149. The van der Waals surface area contributed by atoms with Crippen LogP contribution in [0.1, 0.15) is 382 Å². The Kier molecular flexibility index (Phi) is 6.67. The van der Waals surface area contributed by atoms with Gasteiger partial charge in [-0.3, -0.25) is 15.5 Å². The highest BCUT2D eigenvalue weighted by molar-refractivity contribution is 6.35. The molecule has 44 heteroatoms. The van der Waals surface area contributed by atoms with E-state index in [4.69, 9.17) is 353 Å². The maximum atomic E-state index is 12.5. The lowest BCUT2D eigenvalue weighted by Gasteiger charge is -2.19. The number of oxime groups is 1. The molecular weight excluding hydrogens is 1510 g/mol. The van der Waals surface area contributed by atoms with Crippen LogP contribution in [0, 0.1) is 23.7 Å². The van der Waals surface area contributed by atoms with E-state index in [-0.39, 0.29) is 98.8 Å². The molecular formula is C64H256ClF18N19O6. The molecule has 0 bridgehead atoms. The van der Waals surface area contributed by atoms with E-state index < -0.39 is 88.9 Å². The summed E-state index contributed by atoms with van der Waals surface area (Å²) in [6.45, 7) is 8.41. The average molecular weight is 1970 g/mol. The van der Waals surface area contributed by atoms with E-state index in [0.717, 1.165) is 48.9 Å². The Morgan fingerprint density at radius 2 is 1.01 bits per heavy atom. The summed E-state index contributed by atoms with van der Waals surface area (Å²) < 4.78 is 1220. The van der Waals surface area contributed by atoms with Gasteiger partial charge in [0.05, 0.1) is 16.7 Å². The number of nitriles is 1. The second-order valence-electron chi connectivity index (χ2n) is 22.4. The number of ether oxygens (including phenoxy) is 1. The van der Waals surface area contributed by atoms with Crippen LogP contribution < -0.4 is 16.8 Å². The summed E-state index contributed by atoms with van der Waals surface area (Å²) in [4.78, 5) is 57.2. The molecule has 0 atom stereocenters. The van der Waals surface area contributed by atoms with Gasteiger partial charge in [0.25, 0.3) is 5.97 Å². The van der Waals surface area contributed by atoms with Crippen molar-refractivity contribution in [3.05, 3.63) is 202 Å². The monoisotopic (exact) mass is 1970 g/mol. The number of pyridine rings is 7.